The summed E-state index contributed by atoms with van der Waals surface area (Å²) in [4.78, 5) is 26.1. The third-order valence-corrected chi connectivity index (χ3v) is 4.45. The Morgan fingerprint density at radius 2 is 1.91 bits per heavy atom. The molecule has 1 aromatic carbocycles. The van der Waals surface area contributed by atoms with E-state index in [0.29, 0.717) is 18.3 Å². The van der Waals surface area contributed by atoms with E-state index in [2.05, 4.69) is 29.4 Å². The fourth-order valence-electron chi connectivity index (χ4n) is 2.89. The van der Waals surface area contributed by atoms with E-state index in [4.69, 9.17) is 0 Å². The molecule has 2 amide bonds. The predicted molar refractivity (Wildman–Crippen MR) is 92.3 cm³/mol. The molecule has 1 saturated heterocycles. The number of anilines is 1. The van der Waals surface area contributed by atoms with Crippen molar-refractivity contribution < 1.29 is 9.59 Å². The molecule has 1 atom stereocenters. The summed E-state index contributed by atoms with van der Waals surface area (Å²) in [5.41, 5.74) is 1.84. The second-order valence-electron chi connectivity index (χ2n) is 6.14. The maximum atomic E-state index is 11.9. The van der Waals surface area contributed by atoms with Gasteiger partial charge in [-0.25, -0.2) is 0 Å². The van der Waals surface area contributed by atoms with E-state index < -0.39 is 11.8 Å². The van der Waals surface area contributed by atoms with E-state index in [-0.39, 0.29) is 0 Å². The van der Waals surface area contributed by atoms with Crippen LogP contribution < -0.4 is 10.6 Å². The number of nitrogens with one attached hydrogen (secondary N) is 2. The molecule has 0 saturated carbocycles. The van der Waals surface area contributed by atoms with Gasteiger partial charge in [-0.3, -0.25) is 14.5 Å². The van der Waals surface area contributed by atoms with Gasteiger partial charge in [0.05, 0.1) is 0 Å². The molecule has 1 heterocycles. The quantitative estimate of drug-likeness (QED) is 0.818. The van der Waals surface area contributed by atoms with E-state index in [1.54, 1.807) is 0 Å². The van der Waals surface area contributed by atoms with E-state index in [0.717, 1.165) is 19.5 Å². The Morgan fingerprint density at radius 3 is 2.57 bits per heavy atom. The van der Waals surface area contributed by atoms with Crippen LogP contribution in [0.1, 0.15) is 38.7 Å². The van der Waals surface area contributed by atoms with E-state index in [1.165, 1.54) is 24.8 Å². The maximum absolute atomic E-state index is 11.9. The molecule has 1 aromatic rings. The van der Waals surface area contributed by atoms with Gasteiger partial charge in [-0.2, -0.15) is 0 Å². The van der Waals surface area contributed by atoms with Crippen molar-refractivity contribution in [3.63, 3.8) is 0 Å². The zero-order chi connectivity index (χ0) is 16.7. The molecule has 0 bridgehead atoms. The van der Waals surface area contributed by atoms with Crippen LogP contribution in [0.4, 0.5) is 5.69 Å². The first kappa shape index (κ1) is 17.5. The molecule has 2 N–H and O–H groups in total. The Balaban J connectivity index is 1.72. The maximum Gasteiger partial charge on any atom is 0.313 e. The third-order valence-electron chi connectivity index (χ3n) is 4.45. The lowest BCUT2D eigenvalue weighted by atomic mass is 10.0. The van der Waals surface area contributed by atoms with Crippen LogP contribution in [0.15, 0.2) is 24.3 Å². The van der Waals surface area contributed by atoms with Crippen molar-refractivity contribution in [3.8, 4) is 0 Å². The van der Waals surface area contributed by atoms with Crippen LogP contribution in [-0.4, -0.2) is 42.4 Å². The molecule has 1 fully saturated rings. The topological polar surface area (TPSA) is 61.4 Å². The van der Waals surface area contributed by atoms with E-state index >= 15 is 0 Å². The number of rotatable bonds is 5. The standard InChI is InChI=1S/C18H27N3O2/c1-3-15-7-9-16(10-8-15)20-18(23)17(22)19-11-13-21-12-5-4-6-14(21)2/h7-10,14H,3-6,11-13H2,1-2H3,(H,19,22)(H,20,23). The van der Waals surface area contributed by atoms with Crippen molar-refractivity contribution in [2.24, 2.45) is 0 Å². The minimum atomic E-state index is -0.610. The zero-order valence-electron chi connectivity index (χ0n) is 14.1. The van der Waals surface area contributed by atoms with Crippen LogP contribution in [-0.2, 0) is 16.0 Å². The molecule has 0 spiro atoms. The number of likely N-dealkylation sites (tertiary alicyclic amines) is 1. The van der Waals surface area contributed by atoms with Crippen molar-refractivity contribution in [1.82, 2.24) is 10.2 Å². The summed E-state index contributed by atoms with van der Waals surface area (Å²) < 4.78 is 0. The first-order chi connectivity index (χ1) is 11.1. The first-order valence-corrected chi connectivity index (χ1v) is 8.52. The Labute approximate surface area is 138 Å². The van der Waals surface area contributed by atoms with Crippen LogP contribution in [0.5, 0.6) is 0 Å². The van der Waals surface area contributed by atoms with Crippen LogP contribution in [0.3, 0.4) is 0 Å². The fraction of sp³-hybridized carbons (Fsp3) is 0.556. The van der Waals surface area contributed by atoms with Crippen molar-refractivity contribution in [3.05, 3.63) is 29.8 Å². The highest BCUT2D eigenvalue weighted by atomic mass is 16.2. The number of amides is 2. The summed E-state index contributed by atoms with van der Waals surface area (Å²) in [7, 11) is 0. The molecular formula is C18H27N3O2. The Hall–Kier alpha value is -1.88. The number of aryl methyl sites for hydroxylation is 1. The van der Waals surface area contributed by atoms with Crippen molar-refractivity contribution in [2.45, 2.75) is 45.6 Å². The number of hydrogen-bond acceptors (Lipinski definition) is 3. The van der Waals surface area contributed by atoms with Crippen molar-refractivity contribution in [1.29, 1.82) is 0 Å². The van der Waals surface area contributed by atoms with Gasteiger partial charge in [0, 0.05) is 24.8 Å². The molecule has 5 heteroatoms. The third kappa shape index (κ3) is 5.36. The summed E-state index contributed by atoms with van der Waals surface area (Å²) in [6.07, 6.45) is 4.65. The minimum Gasteiger partial charge on any atom is -0.347 e. The second kappa shape index (κ2) is 8.67. The highest BCUT2D eigenvalue weighted by Crippen LogP contribution is 2.15. The van der Waals surface area contributed by atoms with Crippen LogP contribution >= 0.6 is 0 Å². The molecular weight excluding hydrogens is 290 g/mol. The number of nitrogens with zero attached hydrogens (tertiary/aromatic N) is 1. The SMILES string of the molecule is CCc1ccc(NC(=O)C(=O)NCCN2CCCCC2C)cc1. The average molecular weight is 317 g/mol. The summed E-state index contributed by atoms with van der Waals surface area (Å²) in [5.74, 6) is -1.19. The molecule has 0 aromatic heterocycles. The molecule has 1 aliphatic heterocycles. The lowest BCUT2D eigenvalue weighted by molar-refractivity contribution is -0.136. The van der Waals surface area contributed by atoms with Gasteiger partial charge in [0.15, 0.2) is 0 Å². The molecule has 5 nitrogen and oxygen atoms in total. The summed E-state index contributed by atoms with van der Waals surface area (Å²) in [5, 5.41) is 5.33. The van der Waals surface area contributed by atoms with Gasteiger partial charge in [-0.15, -0.1) is 0 Å². The zero-order valence-corrected chi connectivity index (χ0v) is 14.1. The van der Waals surface area contributed by atoms with Gasteiger partial charge in [0.1, 0.15) is 0 Å². The molecule has 126 valence electrons. The van der Waals surface area contributed by atoms with Gasteiger partial charge in [0.2, 0.25) is 0 Å². The Bertz CT molecular complexity index is 528. The van der Waals surface area contributed by atoms with Crippen molar-refractivity contribution in [2.75, 3.05) is 25.0 Å². The molecule has 1 unspecified atom stereocenters. The smallest absolute Gasteiger partial charge is 0.313 e. The Kier molecular flexibility index (Phi) is 6.59. The predicted octanol–water partition coefficient (Wildman–Crippen LogP) is 2.18. The summed E-state index contributed by atoms with van der Waals surface area (Å²) in [6.45, 7) is 6.67. The first-order valence-electron chi connectivity index (χ1n) is 8.52. The highest BCUT2D eigenvalue weighted by Gasteiger charge is 2.18. The van der Waals surface area contributed by atoms with Gasteiger partial charge < -0.3 is 10.6 Å². The number of carbonyl (C=O) groups excluding carboxylic acids is 2. The van der Waals surface area contributed by atoms with Gasteiger partial charge in [-0.1, -0.05) is 25.5 Å². The molecule has 1 aliphatic rings. The van der Waals surface area contributed by atoms with Gasteiger partial charge in [0.25, 0.3) is 0 Å². The van der Waals surface area contributed by atoms with Crippen LogP contribution in [0.2, 0.25) is 0 Å². The monoisotopic (exact) mass is 317 g/mol. The van der Waals surface area contributed by atoms with E-state index in [9.17, 15) is 9.59 Å². The number of carbonyl (C=O) groups is 2. The molecule has 0 aliphatic carbocycles. The molecule has 23 heavy (non-hydrogen) atoms. The fourth-order valence-corrected chi connectivity index (χ4v) is 2.89. The Morgan fingerprint density at radius 1 is 1.17 bits per heavy atom. The normalized spacial score (nSPS) is 18.4. The number of hydrogen-bond donors (Lipinski definition) is 2. The highest BCUT2D eigenvalue weighted by molar-refractivity contribution is 6.39. The minimum absolute atomic E-state index is 0.505. The number of benzene rings is 1. The van der Waals surface area contributed by atoms with Gasteiger partial charge >= 0.3 is 11.8 Å². The lowest BCUT2D eigenvalue weighted by Crippen LogP contribution is -2.44. The van der Waals surface area contributed by atoms with Crippen LogP contribution in [0.25, 0.3) is 0 Å². The average Bonchev–Trinajstić information content (AvgIpc) is 2.57. The lowest BCUT2D eigenvalue weighted by Gasteiger charge is -2.33. The van der Waals surface area contributed by atoms with Gasteiger partial charge in [-0.05, 0) is 50.4 Å². The number of piperidine rings is 1. The van der Waals surface area contributed by atoms with E-state index in [1.807, 2.05) is 24.3 Å². The van der Waals surface area contributed by atoms with Crippen molar-refractivity contribution >= 4 is 17.5 Å². The summed E-state index contributed by atoms with van der Waals surface area (Å²) in [6, 6.07) is 8.10. The molecule has 0 radical (unpaired) electrons. The summed E-state index contributed by atoms with van der Waals surface area (Å²) >= 11 is 0. The molecule has 2 rings (SSSR count). The second-order valence-corrected chi connectivity index (χ2v) is 6.14. The largest absolute Gasteiger partial charge is 0.347 e. The van der Waals surface area contributed by atoms with Crippen LogP contribution in [0, 0.1) is 0 Å².